The van der Waals surface area contributed by atoms with Gasteiger partial charge in [0.2, 0.25) is 0 Å². The molecule has 29 heavy (non-hydrogen) atoms. The van der Waals surface area contributed by atoms with E-state index < -0.39 is 0 Å². The quantitative estimate of drug-likeness (QED) is 0.698. The van der Waals surface area contributed by atoms with Crippen LogP contribution in [-0.4, -0.2) is 60.9 Å². The number of rotatable bonds is 5. The Kier molecular flexibility index (Phi) is 4.84. The van der Waals surface area contributed by atoms with Crippen LogP contribution in [0.5, 0.6) is 0 Å². The average molecular weight is 395 g/mol. The van der Waals surface area contributed by atoms with E-state index in [-0.39, 0.29) is 17.6 Å². The van der Waals surface area contributed by atoms with Crippen molar-refractivity contribution in [3.05, 3.63) is 46.7 Å². The van der Waals surface area contributed by atoms with Gasteiger partial charge in [0.15, 0.2) is 5.65 Å². The third-order valence-corrected chi connectivity index (χ3v) is 6.04. The van der Waals surface area contributed by atoms with Gasteiger partial charge in [-0.05, 0) is 31.7 Å². The fraction of sp³-hybridized carbons (Fsp3) is 0.550. The van der Waals surface area contributed by atoms with Gasteiger partial charge in [-0.1, -0.05) is 0 Å². The summed E-state index contributed by atoms with van der Waals surface area (Å²) in [7, 11) is 0. The van der Waals surface area contributed by atoms with Crippen LogP contribution in [0.4, 0.5) is 0 Å². The van der Waals surface area contributed by atoms with E-state index in [4.69, 9.17) is 9.72 Å². The van der Waals surface area contributed by atoms with Gasteiger partial charge in [-0.2, -0.15) is 5.10 Å². The van der Waals surface area contributed by atoms with Crippen LogP contribution in [0.25, 0.3) is 11.0 Å². The number of hydrogen-bond acceptors (Lipinski definition) is 7. The molecule has 0 saturated carbocycles. The molecule has 1 N–H and O–H groups in total. The van der Waals surface area contributed by atoms with Crippen molar-refractivity contribution in [2.45, 2.75) is 38.3 Å². The molecule has 152 valence electrons. The third-order valence-electron chi connectivity index (χ3n) is 6.04. The van der Waals surface area contributed by atoms with Gasteiger partial charge in [0.1, 0.15) is 17.0 Å². The van der Waals surface area contributed by atoms with Crippen molar-refractivity contribution in [2.75, 3.05) is 26.3 Å². The van der Waals surface area contributed by atoms with E-state index in [9.17, 15) is 4.79 Å². The van der Waals surface area contributed by atoms with Crippen molar-refractivity contribution in [2.24, 2.45) is 5.92 Å². The van der Waals surface area contributed by atoms with Gasteiger partial charge in [-0.25, -0.2) is 19.6 Å². The first kappa shape index (κ1) is 18.4. The van der Waals surface area contributed by atoms with E-state index in [0.717, 1.165) is 51.4 Å². The number of nitrogens with zero attached hydrogens (tertiary/aromatic N) is 6. The Bertz CT molecular complexity index is 1040. The summed E-state index contributed by atoms with van der Waals surface area (Å²) in [5, 5.41) is 5.02. The average Bonchev–Trinajstić information content (AvgIpc) is 3.16. The predicted octanol–water partition coefficient (Wildman–Crippen LogP) is 1.50. The molecule has 3 aromatic rings. The molecular weight excluding hydrogens is 370 g/mol. The number of hydrogen-bond donors (Lipinski definition) is 1. The third kappa shape index (κ3) is 3.56. The second-order valence-corrected chi connectivity index (χ2v) is 7.99. The molecule has 2 saturated heterocycles. The van der Waals surface area contributed by atoms with Crippen molar-refractivity contribution < 1.29 is 4.74 Å². The zero-order valence-corrected chi connectivity index (χ0v) is 16.5. The number of likely N-dealkylation sites (tertiary alicyclic amines) is 1. The maximum atomic E-state index is 12.6. The monoisotopic (exact) mass is 395 g/mol. The van der Waals surface area contributed by atoms with Crippen molar-refractivity contribution in [1.29, 1.82) is 0 Å². The first-order valence-electron chi connectivity index (χ1n) is 10.2. The molecular formula is C20H25N7O2. The molecule has 0 amide bonds. The number of aromatic amines is 1. The standard InChI is InChI=1S/C20H25N7O2/c1-13(26-11-14(12-26)9-17-21-5-2-6-22-17)18-24-19-16(20(28)25-18)10-23-27(19)15-3-7-29-8-4-15/h2,5-6,10,13-15H,3-4,7-9,11-12H2,1H3,(H,24,25,28)/t13-/m1/s1. The minimum Gasteiger partial charge on any atom is -0.381 e. The number of nitrogens with one attached hydrogen (secondary N) is 1. The lowest BCUT2D eigenvalue weighted by Crippen LogP contribution is -2.49. The van der Waals surface area contributed by atoms with Crippen LogP contribution in [0, 0.1) is 5.92 Å². The van der Waals surface area contributed by atoms with E-state index in [1.165, 1.54) is 0 Å². The van der Waals surface area contributed by atoms with E-state index in [1.54, 1.807) is 18.6 Å². The Labute approximate surface area is 168 Å². The van der Waals surface area contributed by atoms with Crippen molar-refractivity contribution >= 4 is 11.0 Å². The van der Waals surface area contributed by atoms with Gasteiger partial charge in [0.25, 0.3) is 5.56 Å². The van der Waals surface area contributed by atoms with Crippen molar-refractivity contribution in [1.82, 2.24) is 34.6 Å². The zero-order chi connectivity index (χ0) is 19.8. The minimum atomic E-state index is -0.120. The van der Waals surface area contributed by atoms with Gasteiger partial charge >= 0.3 is 0 Å². The summed E-state index contributed by atoms with van der Waals surface area (Å²) < 4.78 is 7.37. The fourth-order valence-electron chi connectivity index (χ4n) is 4.27. The van der Waals surface area contributed by atoms with E-state index >= 15 is 0 Å². The smallest absolute Gasteiger partial charge is 0.262 e. The molecule has 2 aliphatic rings. The van der Waals surface area contributed by atoms with Gasteiger partial charge in [-0.3, -0.25) is 9.69 Å². The molecule has 0 bridgehead atoms. The highest BCUT2D eigenvalue weighted by molar-refractivity contribution is 5.73. The largest absolute Gasteiger partial charge is 0.381 e. The van der Waals surface area contributed by atoms with Gasteiger partial charge in [-0.15, -0.1) is 0 Å². The Morgan fingerprint density at radius 2 is 2.00 bits per heavy atom. The van der Waals surface area contributed by atoms with Crippen LogP contribution in [0.15, 0.2) is 29.5 Å². The zero-order valence-electron chi connectivity index (χ0n) is 16.5. The summed E-state index contributed by atoms with van der Waals surface area (Å²) in [5.74, 6) is 2.12. The molecule has 0 unspecified atom stereocenters. The van der Waals surface area contributed by atoms with Gasteiger partial charge in [0.05, 0.1) is 18.3 Å². The first-order valence-corrected chi connectivity index (χ1v) is 10.2. The van der Waals surface area contributed by atoms with E-state index in [1.807, 2.05) is 10.7 Å². The maximum Gasteiger partial charge on any atom is 0.262 e. The normalized spacial score (nSPS) is 20.0. The molecule has 1 atom stereocenters. The maximum absolute atomic E-state index is 12.6. The van der Waals surface area contributed by atoms with E-state index in [2.05, 4.69) is 31.9 Å². The van der Waals surface area contributed by atoms with Crippen molar-refractivity contribution in [3.8, 4) is 0 Å². The predicted molar refractivity (Wildman–Crippen MR) is 106 cm³/mol. The van der Waals surface area contributed by atoms with Crippen LogP contribution in [0.3, 0.4) is 0 Å². The number of ether oxygens (including phenoxy) is 1. The molecule has 2 aliphatic heterocycles. The first-order chi connectivity index (χ1) is 14.2. The Hall–Kier alpha value is -2.65. The summed E-state index contributed by atoms with van der Waals surface area (Å²) >= 11 is 0. The topological polar surface area (TPSA) is 102 Å². The Balaban J connectivity index is 1.33. The lowest BCUT2D eigenvalue weighted by molar-refractivity contribution is 0.0550. The highest BCUT2D eigenvalue weighted by Gasteiger charge is 2.33. The summed E-state index contributed by atoms with van der Waals surface area (Å²) in [5.41, 5.74) is 0.558. The SMILES string of the molecule is C[C@H](c1nc2c(cnn2C2CCOCC2)c(=O)[nH]1)N1CC(Cc2ncccn2)C1. The molecule has 9 nitrogen and oxygen atoms in total. The molecule has 0 aromatic carbocycles. The second-order valence-electron chi connectivity index (χ2n) is 7.99. The highest BCUT2D eigenvalue weighted by atomic mass is 16.5. The minimum absolute atomic E-state index is 0.0399. The molecule has 0 aliphatic carbocycles. The molecule has 5 heterocycles. The van der Waals surface area contributed by atoms with Gasteiger partial charge in [0, 0.05) is 45.1 Å². The second kappa shape index (κ2) is 7.64. The van der Waals surface area contributed by atoms with Crippen LogP contribution in [0.1, 0.15) is 43.5 Å². The van der Waals surface area contributed by atoms with Crippen LogP contribution in [-0.2, 0) is 11.2 Å². The van der Waals surface area contributed by atoms with Crippen LogP contribution in [0.2, 0.25) is 0 Å². The molecule has 0 spiro atoms. The molecule has 2 fully saturated rings. The summed E-state index contributed by atoms with van der Waals surface area (Å²) in [6.45, 7) is 5.42. The van der Waals surface area contributed by atoms with Crippen molar-refractivity contribution in [3.63, 3.8) is 0 Å². The summed E-state index contributed by atoms with van der Waals surface area (Å²) in [4.78, 5) is 31.4. The fourth-order valence-corrected chi connectivity index (χ4v) is 4.27. The lowest BCUT2D eigenvalue weighted by Gasteiger charge is -2.42. The van der Waals surface area contributed by atoms with E-state index in [0.29, 0.717) is 22.8 Å². The molecule has 3 aromatic heterocycles. The number of aromatic nitrogens is 6. The Morgan fingerprint density at radius 3 is 2.76 bits per heavy atom. The Morgan fingerprint density at radius 1 is 1.24 bits per heavy atom. The summed E-state index contributed by atoms with van der Waals surface area (Å²) in [6, 6.07) is 2.11. The molecule has 9 heteroatoms. The highest BCUT2D eigenvalue weighted by Crippen LogP contribution is 2.29. The molecule has 5 rings (SSSR count). The van der Waals surface area contributed by atoms with Crippen LogP contribution >= 0.6 is 0 Å². The van der Waals surface area contributed by atoms with Crippen LogP contribution < -0.4 is 5.56 Å². The lowest BCUT2D eigenvalue weighted by atomic mass is 9.94. The molecule has 0 radical (unpaired) electrons. The number of fused-ring (bicyclic) bond motifs is 1. The van der Waals surface area contributed by atoms with Gasteiger partial charge < -0.3 is 9.72 Å². The summed E-state index contributed by atoms with van der Waals surface area (Å²) in [6.07, 6.45) is 7.87. The number of H-pyrrole nitrogens is 1.